The van der Waals surface area contributed by atoms with Crippen LogP contribution in [0.1, 0.15) is 63.5 Å². The maximum absolute atomic E-state index is 15.2. The second-order valence-electron chi connectivity index (χ2n) is 11.0. The van der Waals surface area contributed by atoms with E-state index in [1.54, 1.807) is 12.7 Å². The van der Waals surface area contributed by atoms with Crippen molar-refractivity contribution in [1.29, 1.82) is 0 Å². The van der Waals surface area contributed by atoms with Crippen molar-refractivity contribution in [3.63, 3.8) is 0 Å². The number of rotatable bonds is 5. The standard InChI is InChI=1S/C25H33F2N5O2S/c1-16-7-8-24(17-5-3-2-4-6-17)35(33,34)32(16)11-18-9-22(27)23(10-21(18)26)30-12-19-20(13-30)25(19)31-14-28-29-15-31/h9-10,14-17,19-20,24-25H,2-8,11-13H2,1H3/t16-,19-,20+,24-,25?/m0/s1. The fraction of sp³-hybridized carbons (Fsp3) is 0.680. The first-order chi connectivity index (χ1) is 16.8. The predicted molar refractivity (Wildman–Crippen MR) is 128 cm³/mol. The maximum atomic E-state index is 15.2. The zero-order valence-corrected chi connectivity index (χ0v) is 20.9. The molecule has 3 heterocycles. The van der Waals surface area contributed by atoms with Gasteiger partial charge in [0.05, 0.1) is 10.9 Å². The molecule has 0 bridgehead atoms. The van der Waals surface area contributed by atoms with Crippen LogP contribution >= 0.6 is 0 Å². The van der Waals surface area contributed by atoms with E-state index in [4.69, 9.17) is 0 Å². The topological polar surface area (TPSA) is 71.3 Å². The lowest BCUT2D eigenvalue weighted by molar-refractivity contribution is 0.241. The number of benzene rings is 1. The van der Waals surface area contributed by atoms with Gasteiger partial charge in [0.15, 0.2) is 0 Å². The summed E-state index contributed by atoms with van der Waals surface area (Å²) in [7, 11) is -3.57. The number of fused-ring (bicyclic) bond motifs is 1. The highest BCUT2D eigenvalue weighted by Crippen LogP contribution is 2.56. The van der Waals surface area contributed by atoms with Crippen LogP contribution in [0.4, 0.5) is 14.5 Å². The minimum absolute atomic E-state index is 0.109. The second-order valence-corrected chi connectivity index (χ2v) is 13.1. The summed E-state index contributed by atoms with van der Waals surface area (Å²) < 4.78 is 61.0. The molecule has 0 N–H and O–H groups in total. The molecule has 1 aromatic carbocycles. The molecule has 6 rings (SSSR count). The molecule has 2 aliphatic heterocycles. The SMILES string of the molecule is C[C@H]1CC[C@@H](C2CCCCC2)S(=O)(=O)N1Cc1cc(F)c(N2C[C@@H]3C(n4cnnc4)[C@@H]3C2)cc1F. The summed E-state index contributed by atoms with van der Waals surface area (Å²) in [6.45, 7) is 3.07. The summed E-state index contributed by atoms with van der Waals surface area (Å²) in [4.78, 5) is 1.90. The first-order valence-electron chi connectivity index (χ1n) is 12.9. The van der Waals surface area contributed by atoms with Gasteiger partial charge < -0.3 is 9.47 Å². The van der Waals surface area contributed by atoms with E-state index < -0.39 is 26.9 Å². The Labute approximate surface area is 205 Å². The maximum Gasteiger partial charge on any atom is 0.217 e. The van der Waals surface area contributed by atoms with Crippen LogP contribution in [0.3, 0.4) is 0 Å². The van der Waals surface area contributed by atoms with Crippen molar-refractivity contribution in [1.82, 2.24) is 19.1 Å². The quantitative estimate of drug-likeness (QED) is 0.611. The molecule has 10 heteroatoms. The van der Waals surface area contributed by atoms with E-state index in [-0.39, 0.29) is 29.8 Å². The fourth-order valence-electron chi connectivity index (χ4n) is 6.96. The molecule has 0 spiro atoms. The van der Waals surface area contributed by atoms with Gasteiger partial charge in [-0.05, 0) is 44.6 Å². The molecule has 2 saturated heterocycles. The van der Waals surface area contributed by atoms with Crippen molar-refractivity contribution in [2.45, 2.75) is 75.7 Å². The van der Waals surface area contributed by atoms with E-state index in [9.17, 15) is 8.42 Å². The zero-order valence-electron chi connectivity index (χ0n) is 20.1. The number of nitrogens with zero attached hydrogens (tertiary/aromatic N) is 5. The van der Waals surface area contributed by atoms with Gasteiger partial charge >= 0.3 is 0 Å². The van der Waals surface area contributed by atoms with E-state index in [0.29, 0.717) is 37.4 Å². The Morgan fingerprint density at radius 3 is 2.31 bits per heavy atom. The number of sulfonamides is 1. The Morgan fingerprint density at radius 1 is 0.943 bits per heavy atom. The molecule has 0 radical (unpaired) electrons. The Hall–Kier alpha value is -2.07. The van der Waals surface area contributed by atoms with Crippen LogP contribution in [0.5, 0.6) is 0 Å². The smallest absolute Gasteiger partial charge is 0.217 e. The highest BCUT2D eigenvalue weighted by molar-refractivity contribution is 7.89. The summed E-state index contributed by atoms with van der Waals surface area (Å²) in [5.41, 5.74) is 0.369. The average molecular weight is 506 g/mol. The third-order valence-electron chi connectivity index (χ3n) is 8.96. The minimum Gasteiger partial charge on any atom is -0.368 e. The molecule has 1 aromatic heterocycles. The molecular weight excluding hydrogens is 472 g/mol. The van der Waals surface area contributed by atoms with Crippen LogP contribution in [0.25, 0.3) is 0 Å². The lowest BCUT2D eigenvalue weighted by atomic mass is 9.85. The summed E-state index contributed by atoms with van der Waals surface area (Å²) in [6.07, 6.45) is 10.0. The molecule has 0 amide bonds. The monoisotopic (exact) mass is 505 g/mol. The number of anilines is 1. The van der Waals surface area contributed by atoms with Crippen molar-refractivity contribution in [2.24, 2.45) is 17.8 Å². The van der Waals surface area contributed by atoms with Crippen molar-refractivity contribution in [3.05, 3.63) is 42.0 Å². The Kier molecular flexibility index (Phi) is 5.86. The third-order valence-corrected chi connectivity index (χ3v) is 11.5. The van der Waals surface area contributed by atoms with Gasteiger partial charge in [-0.25, -0.2) is 17.2 Å². The molecule has 1 unspecified atom stereocenters. The lowest BCUT2D eigenvalue weighted by Crippen LogP contribution is -2.50. The lowest BCUT2D eigenvalue weighted by Gasteiger charge is -2.41. The van der Waals surface area contributed by atoms with Crippen molar-refractivity contribution >= 4 is 15.7 Å². The molecule has 5 atom stereocenters. The van der Waals surface area contributed by atoms with E-state index in [1.165, 1.54) is 22.9 Å². The predicted octanol–water partition coefficient (Wildman–Crippen LogP) is 4.13. The van der Waals surface area contributed by atoms with Crippen LogP contribution in [0, 0.1) is 29.4 Å². The van der Waals surface area contributed by atoms with Crippen LogP contribution in [-0.4, -0.2) is 51.9 Å². The highest BCUT2D eigenvalue weighted by Gasteiger charge is 2.57. The van der Waals surface area contributed by atoms with Crippen molar-refractivity contribution in [3.8, 4) is 0 Å². The van der Waals surface area contributed by atoms with Gasteiger partial charge in [0.2, 0.25) is 10.0 Å². The molecule has 2 aromatic rings. The van der Waals surface area contributed by atoms with Crippen LogP contribution in [0.2, 0.25) is 0 Å². The fourth-order valence-corrected chi connectivity index (χ4v) is 9.43. The summed E-state index contributed by atoms with van der Waals surface area (Å²) in [5.74, 6) is -0.0985. The summed E-state index contributed by atoms with van der Waals surface area (Å²) in [5, 5.41) is 7.32. The Morgan fingerprint density at radius 2 is 1.63 bits per heavy atom. The normalized spacial score (nSPS) is 33.1. The van der Waals surface area contributed by atoms with Crippen molar-refractivity contribution in [2.75, 3.05) is 18.0 Å². The highest BCUT2D eigenvalue weighted by atomic mass is 32.2. The Bertz CT molecular complexity index is 1170. The number of hydrogen-bond acceptors (Lipinski definition) is 5. The second kappa shape index (κ2) is 8.80. The molecule has 2 saturated carbocycles. The molecule has 4 fully saturated rings. The average Bonchev–Trinajstić information content (AvgIpc) is 3.21. The molecular formula is C25H33F2N5O2S. The van der Waals surface area contributed by atoms with E-state index in [0.717, 1.165) is 32.1 Å². The van der Waals surface area contributed by atoms with E-state index in [2.05, 4.69) is 10.2 Å². The molecule has 7 nitrogen and oxygen atoms in total. The van der Waals surface area contributed by atoms with Crippen molar-refractivity contribution < 1.29 is 17.2 Å². The number of aromatic nitrogens is 3. The number of piperidine rings is 1. The molecule has 35 heavy (non-hydrogen) atoms. The third kappa shape index (κ3) is 4.06. The van der Waals surface area contributed by atoms with Gasteiger partial charge in [-0.2, -0.15) is 4.31 Å². The summed E-state index contributed by atoms with van der Waals surface area (Å²) in [6, 6.07) is 2.57. The van der Waals surface area contributed by atoms with Gasteiger partial charge in [0, 0.05) is 55.2 Å². The Balaban J connectivity index is 1.18. The van der Waals surface area contributed by atoms with Gasteiger partial charge in [0.25, 0.3) is 0 Å². The first-order valence-corrected chi connectivity index (χ1v) is 14.4. The molecule has 4 aliphatic rings. The zero-order chi connectivity index (χ0) is 24.3. The molecule has 190 valence electrons. The first kappa shape index (κ1) is 23.3. The van der Waals surface area contributed by atoms with Gasteiger partial charge in [-0.15, -0.1) is 10.2 Å². The van der Waals surface area contributed by atoms with Crippen LogP contribution in [-0.2, 0) is 16.6 Å². The number of halogens is 2. The number of hydrogen-bond donors (Lipinski definition) is 0. The van der Waals surface area contributed by atoms with E-state index in [1.807, 2.05) is 16.4 Å². The van der Waals surface area contributed by atoms with Crippen LogP contribution < -0.4 is 4.90 Å². The minimum atomic E-state index is -3.57. The van der Waals surface area contributed by atoms with Gasteiger partial charge in [-0.3, -0.25) is 0 Å². The van der Waals surface area contributed by atoms with Gasteiger partial charge in [-0.1, -0.05) is 19.3 Å². The summed E-state index contributed by atoms with van der Waals surface area (Å²) >= 11 is 0. The van der Waals surface area contributed by atoms with Gasteiger partial charge in [0.1, 0.15) is 24.3 Å². The molecule has 2 aliphatic carbocycles. The largest absolute Gasteiger partial charge is 0.368 e. The van der Waals surface area contributed by atoms with E-state index >= 15 is 8.78 Å². The van der Waals surface area contributed by atoms with Crippen LogP contribution in [0.15, 0.2) is 24.8 Å².